The van der Waals surface area contributed by atoms with Gasteiger partial charge in [-0.05, 0) is 43.2 Å². The lowest BCUT2D eigenvalue weighted by Crippen LogP contribution is -2.35. The van der Waals surface area contributed by atoms with E-state index in [1.54, 1.807) is 36.3 Å². The van der Waals surface area contributed by atoms with Crippen molar-refractivity contribution in [2.75, 3.05) is 13.6 Å². The van der Waals surface area contributed by atoms with Crippen LogP contribution in [0, 0.1) is 0 Å². The van der Waals surface area contributed by atoms with Crippen LogP contribution >= 0.6 is 11.3 Å². The molecule has 2 atom stereocenters. The first-order valence-corrected chi connectivity index (χ1v) is 12.4. The van der Waals surface area contributed by atoms with Gasteiger partial charge in [-0.3, -0.25) is 9.48 Å². The molecule has 2 fully saturated rings. The topological polar surface area (TPSA) is 103 Å². The van der Waals surface area contributed by atoms with Crippen LogP contribution in [0.25, 0.3) is 11.0 Å². The molecule has 1 aliphatic heterocycles. The Morgan fingerprint density at radius 2 is 2.17 bits per heavy atom. The maximum absolute atomic E-state index is 13.3. The number of pyridine rings is 1. The monoisotopic (exact) mass is 445 g/mol. The number of carbonyl (C=O) groups excluding carboxylic acids is 1. The van der Waals surface area contributed by atoms with Crippen molar-refractivity contribution in [3.63, 3.8) is 0 Å². The van der Waals surface area contributed by atoms with Crippen LogP contribution in [-0.4, -0.2) is 43.1 Å². The molecule has 2 unspecified atom stereocenters. The highest BCUT2D eigenvalue weighted by Crippen LogP contribution is 2.44. The fraction of sp³-hybridized carbons (Fsp3) is 0.450. The van der Waals surface area contributed by atoms with Gasteiger partial charge in [0.2, 0.25) is 4.21 Å². The zero-order valence-corrected chi connectivity index (χ0v) is 18.5. The van der Waals surface area contributed by atoms with E-state index in [4.69, 9.17) is 4.98 Å². The Kier molecular flexibility index (Phi) is 4.77. The molecular formula is C20H23N5O3S2. The number of fused-ring (bicyclic) bond motifs is 1. The Morgan fingerprint density at radius 1 is 1.37 bits per heavy atom. The van der Waals surface area contributed by atoms with Crippen molar-refractivity contribution in [2.45, 2.75) is 41.9 Å². The molecule has 2 aliphatic rings. The van der Waals surface area contributed by atoms with E-state index in [1.165, 1.54) is 15.6 Å². The molecule has 1 N–H and O–H groups in total. The molecule has 158 valence electrons. The molecule has 30 heavy (non-hydrogen) atoms. The predicted octanol–water partition coefficient (Wildman–Crippen LogP) is 3.01. The summed E-state index contributed by atoms with van der Waals surface area (Å²) in [6, 6.07) is 4.81. The SMILES string of the molecule is CNC(=O)c1cc(C2CC2)nc2c1c(C1CCCN1[S+](=O)([O-])c1cccs1)nn2C. The smallest absolute Gasteiger partial charge is 0.251 e. The Morgan fingerprint density at radius 3 is 2.83 bits per heavy atom. The summed E-state index contributed by atoms with van der Waals surface area (Å²) in [4.78, 5) is 17.6. The Bertz CT molecular complexity index is 1170. The zero-order chi connectivity index (χ0) is 21.0. The molecule has 3 aromatic rings. The number of hydrogen-bond acceptors (Lipinski definition) is 6. The highest BCUT2D eigenvalue weighted by atomic mass is 32.3. The van der Waals surface area contributed by atoms with E-state index < -0.39 is 16.4 Å². The maximum Gasteiger partial charge on any atom is 0.251 e. The standard InChI is InChI=1S/C20H23N5O3S2/c1-21-20(26)13-11-14(12-7-8-12)22-19-17(13)18(23-24(19)2)15-5-3-9-25(15)30(27,28)16-6-4-10-29-16/h4,6,10-12,15H,3,5,7-9H2,1-2H3,(H-,21,26,27,28). The minimum Gasteiger partial charge on any atom is -0.592 e. The van der Waals surface area contributed by atoms with Crippen LogP contribution in [0.2, 0.25) is 0 Å². The quantitative estimate of drug-likeness (QED) is 0.608. The van der Waals surface area contributed by atoms with E-state index in [0.717, 1.165) is 25.0 Å². The van der Waals surface area contributed by atoms with Crippen LogP contribution in [0.1, 0.15) is 59.4 Å². The molecule has 10 heteroatoms. The first kappa shape index (κ1) is 19.8. The number of aromatic nitrogens is 3. The van der Waals surface area contributed by atoms with Crippen molar-refractivity contribution in [3.05, 3.63) is 40.5 Å². The molecule has 1 saturated heterocycles. The number of aryl methyl sites for hydroxylation is 1. The second-order valence-corrected chi connectivity index (χ2v) is 10.9. The zero-order valence-electron chi connectivity index (χ0n) is 16.8. The van der Waals surface area contributed by atoms with Crippen molar-refractivity contribution in [3.8, 4) is 0 Å². The molecule has 3 aromatic heterocycles. The Hall–Kier alpha value is -2.14. The number of nitrogens with zero attached hydrogens (tertiary/aromatic N) is 4. The molecule has 1 amide bonds. The minimum atomic E-state index is -3.62. The van der Waals surface area contributed by atoms with Crippen LogP contribution in [0.4, 0.5) is 0 Å². The van der Waals surface area contributed by atoms with E-state index in [9.17, 15) is 13.6 Å². The maximum atomic E-state index is 13.3. The lowest BCUT2D eigenvalue weighted by atomic mass is 10.0. The number of nitrogens with one attached hydrogen (secondary N) is 1. The van der Waals surface area contributed by atoms with Crippen molar-refractivity contribution < 1.29 is 13.6 Å². The molecular weight excluding hydrogens is 422 g/mol. The first-order valence-electron chi connectivity index (χ1n) is 10.1. The number of amides is 1. The number of rotatable bonds is 5. The second-order valence-electron chi connectivity index (χ2n) is 7.86. The summed E-state index contributed by atoms with van der Waals surface area (Å²) in [5.74, 6) is 0.183. The molecule has 1 saturated carbocycles. The highest BCUT2D eigenvalue weighted by Gasteiger charge is 2.44. The van der Waals surface area contributed by atoms with E-state index in [1.807, 2.05) is 6.07 Å². The predicted molar refractivity (Wildman–Crippen MR) is 114 cm³/mol. The van der Waals surface area contributed by atoms with Gasteiger partial charge in [-0.15, -0.1) is 4.31 Å². The second kappa shape index (κ2) is 7.23. The van der Waals surface area contributed by atoms with Crippen LogP contribution in [0.15, 0.2) is 27.8 Å². The fourth-order valence-corrected chi connectivity index (χ4v) is 7.04. The van der Waals surface area contributed by atoms with Gasteiger partial charge in [0, 0.05) is 38.3 Å². The van der Waals surface area contributed by atoms with E-state index in [0.29, 0.717) is 45.4 Å². The molecule has 5 rings (SSSR count). The largest absolute Gasteiger partial charge is 0.592 e. The van der Waals surface area contributed by atoms with Crippen molar-refractivity contribution in [1.29, 1.82) is 0 Å². The van der Waals surface area contributed by atoms with Gasteiger partial charge in [0.05, 0.1) is 16.6 Å². The average molecular weight is 446 g/mol. The molecule has 0 bridgehead atoms. The summed E-state index contributed by atoms with van der Waals surface area (Å²) in [6.45, 7) is 0.436. The fourth-order valence-electron chi connectivity index (χ4n) is 4.26. The summed E-state index contributed by atoms with van der Waals surface area (Å²) in [5, 5.41) is 9.82. The van der Waals surface area contributed by atoms with Crippen molar-refractivity contribution in [1.82, 2.24) is 24.4 Å². The third-order valence-corrected chi connectivity index (χ3v) is 9.17. The minimum absolute atomic E-state index is 0.204. The Labute approximate surface area is 179 Å². The lowest BCUT2D eigenvalue weighted by molar-refractivity contribution is 0.0964. The van der Waals surface area contributed by atoms with Crippen LogP contribution in [0.5, 0.6) is 0 Å². The van der Waals surface area contributed by atoms with Gasteiger partial charge in [-0.2, -0.15) is 5.10 Å². The normalized spacial score (nSPS) is 21.8. The highest BCUT2D eigenvalue weighted by molar-refractivity contribution is 7.97. The van der Waals surface area contributed by atoms with Crippen molar-refractivity contribution >= 4 is 38.7 Å². The summed E-state index contributed by atoms with van der Waals surface area (Å²) in [5.41, 5.74) is 2.67. The molecule has 0 spiro atoms. The Balaban J connectivity index is 1.67. The molecule has 8 nitrogen and oxygen atoms in total. The van der Waals surface area contributed by atoms with Crippen molar-refractivity contribution in [2.24, 2.45) is 7.05 Å². The van der Waals surface area contributed by atoms with Crippen LogP contribution < -0.4 is 5.32 Å². The summed E-state index contributed by atoms with van der Waals surface area (Å²) in [6.07, 6.45) is 3.56. The summed E-state index contributed by atoms with van der Waals surface area (Å²) >= 11 is 1.21. The third-order valence-electron chi connectivity index (χ3n) is 5.89. The molecule has 0 aromatic carbocycles. The third kappa shape index (κ3) is 3.09. The van der Waals surface area contributed by atoms with Gasteiger partial charge in [0.25, 0.3) is 5.91 Å². The van der Waals surface area contributed by atoms with Gasteiger partial charge in [0.1, 0.15) is 6.04 Å². The number of thiophene rings is 1. The van der Waals surface area contributed by atoms with Gasteiger partial charge >= 0.3 is 0 Å². The van der Waals surface area contributed by atoms with Gasteiger partial charge in [0.15, 0.2) is 16.0 Å². The van der Waals surface area contributed by atoms with E-state index in [-0.39, 0.29) is 5.91 Å². The molecule has 4 heterocycles. The summed E-state index contributed by atoms with van der Waals surface area (Å²) < 4.78 is 30.0. The lowest BCUT2D eigenvalue weighted by Gasteiger charge is -2.27. The van der Waals surface area contributed by atoms with E-state index >= 15 is 0 Å². The number of sulfonamides is 1. The van der Waals surface area contributed by atoms with Gasteiger partial charge in [-0.25, -0.2) is 4.98 Å². The number of carbonyl (C=O) groups is 1. The molecule has 1 aliphatic carbocycles. The number of hydrogen-bond donors (Lipinski definition) is 1. The average Bonchev–Trinajstić information content (AvgIpc) is 3.12. The van der Waals surface area contributed by atoms with Crippen LogP contribution in [0.3, 0.4) is 0 Å². The summed E-state index contributed by atoms with van der Waals surface area (Å²) in [7, 11) is -0.217. The first-order chi connectivity index (χ1) is 14.4. The van der Waals surface area contributed by atoms with Gasteiger partial charge in [-0.1, -0.05) is 15.5 Å². The van der Waals surface area contributed by atoms with E-state index in [2.05, 4.69) is 10.4 Å². The molecule has 0 radical (unpaired) electrons. The van der Waals surface area contributed by atoms with Crippen LogP contribution in [-0.2, 0) is 21.7 Å². The van der Waals surface area contributed by atoms with Gasteiger partial charge < -0.3 is 9.87 Å².